The average molecular weight is 309 g/mol. The van der Waals surface area contributed by atoms with E-state index in [-0.39, 0.29) is 5.91 Å². The van der Waals surface area contributed by atoms with Crippen LogP contribution in [0.25, 0.3) is 0 Å². The van der Waals surface area contributed by atoms with E-state index in [1.165, 1.54) is 16.7 Å². The molecule has 1 aliphatic heterocycles. The third-order valence-electron chi connectivity index (χ3n) is 4.82. The van der Waals surface area contributed by atoms with Gasteiger partial charge in [-0.2, -0.15) is 0 Å². The molecule has 1 heterocycles. The standard InChI is InChI=1S/C20H23NO2/c1-14-4-5-17(12-15(14)2)20(22)21-11-10-18(13-21)16-6-8-19(23-3)9-7-16/h4-9,12,18H,10-11,13H2,1-3H3. The zero-order chi connectivity index (χ0) is 16.4. The van der Waals surface area contributed by atoms with E-state index in [0.29, 0.717) is 5.92 Å². The molecule has 0 aliphatic carbocycles. The normalized spacial score (nSPS) is 17.3. The number of aryl methyl sites for hydroxylation is 2. The molecule has 0 aromatic heterocycles. The molecule has 1 saturated heterocycles. The molecule has 0 N–H and O–H groups in total. The topological polar surface area (TPSA) is 29.5 Å². The van der Waals surface area contributed by atoms with E-state index in [1.807, 2.05) is 35.2 Å². The van der Waals surface area contributed by atoms with E-state index in [1.54, 1.807) is 7.11 Å². The van der Waals surface area contributed by atoms with Crippen LogP contribution in [0, 0.1) is 13.8 Å². The van der Waals surface area contributed by atoms with Gasteiger partial charge in [0.2, 0.25) is 0 Å². The quantitative estimate of drug-likeness (QED) is 0.859. The Bertz CT molecular complexity index is 706. The van der Waals surface area contributed by atoms with Gasteiger partial charge in [0.15, 0.2) is 0 Å². The van der Waals surface area contributed by atoms with Gasteiger partial charge in [0.1, 0.15) is 5.75 Å². The summed E-state index contributed by atoms with van der Waals surface area (Å²) in [6.45, 7) is 5.73. The maximum atomic E-state index is 12.7. The monoisotopic (exact) mass is 309 g/mol. The molecule has 3 rings (SSSR count). The van der Waals surface area contributed by atoms with Gasteiger partial charge in [-0.25, -0.2) is 0 Å². The molecule has 2 aromatic carbocycles. The van der Waals surface area contributed by atoms with E-state index < -0.39 is 0 Å². The van der Waals surface area contributed by atoms with Gasteiger partial charge in [-0.15, -0.1) is 0 Å². The van der Waals surface area contributed by atoms with Crippen LogP contribution in [0.1, 0.15) is 39.4 Å². The van der Waals surface area contributed by atoms with Crippen molar-refractivity contribution in [3.05, 3.63) is 64.7 Å². The van der Waals surface area contributed by atoms with Crippen LogP contribution >= 0.6 is 0 Å². The number of carbonyl (C=O) groups excluding carboxylic acids is 1. The lowest BCUT2D eigenvalue weighted by Crippen LogP contribution is -2.28. The summed E-state index contributed by atoms with van der Waals surface area (Å²) in [5, 5.41) is 0. The second kappa shape index (κ2) is 6.45. The number of benzene rings is 2. The van der Waals surface area contributed by atoms with Crippen molar-refractivity contribution >= 4 is 5.91 Å². The van der Waals surface area contributed by atoms with Crippen molar-refractivity contribution in [1.29, 1.82) is 0 Å². The average Bonchev–Trinajstić information content (AvgIpc) is 3.07. The summed E-state index contributed by atoms with van der Waals surface area (Å²) in [6.07, 6.45) is 1.02. The highest BCUT2D eigenvalue weighted by atomic mass is 16.5. The van der Waals surface area contributed by atoms with Crippen molar-refractivity contribution < 1.29 is 9.53 Å². The largest absolute Gasteiger partial charge is 0.497 e. The molecule has 1 amide bonds. The van der Waals surface area contributed by atoms with E-state index in [2.05, 4.69) is 26.0 Å². The van der Waals surface area contributed by atoms with Crippen LogP contribution in [0.15, 0.2) is 42.5 Å². The molecular weight excluding hydrogens is 286 g/mol. The number of ether oxygens (including phenoxy) is 1. The molecule has 0 spiro atoms. The zero-order valence-corrected chi connectivity index (χ0v) is 14.0. The highest BCUT2D eigenvalue weighted by molar-refractivity contribution is 5.94. The van der Waals surface area contributed by atoms with Gasteiger partial charge in [-0.05, 0) is 61.2 Å². The summed E-state index contributed by atoms with van der Waals surface area (Å²) in [7, 11) is 1.68. The molecule has 1 atom stereocenters. The fourth-order valence-corrected chi connectivity index (χ4v) is 3.15. The van der Waals surface area contributed by atoms with Gasteiger partial charge in [-0.3, -0.25) is 4.79 Å². The number of amides is 1. The maximum Gasteiger partial charge on any atom is 0.253 e. The fourth-order valence-electron chi connectivity index (χ4n) is 3.15. The Kier molecular flexibility index (Phi) is 4.37. The lowest BCUT2D eigenvalue weighted by molar-refractivity contribution is 0.0790. The number of methoxy groups -OCH3 is 1. The molecule has 23 heavy (non-hydrogen) atoms. The van der Waals surface area contributed by atoms with Crippen molar-refractivity contribution in [2.75, 3.05) is 20.2 Å². The Hall–Kier alpha value is -2.29. The SMILES string of the molecule is COc1ccc(C2CCN(C(=O)c3ccc(C)c(C)c3)C2)cc1. The first-order chi connectivity index (χ1) is 11.1. The number of rotatable bonds is 3. The third-order valence-corrected chi connectivity index (χ3v) is 4.82. The maximum absolute atomic E-state index is 12.7. The lowest BCUT2D eigenvalue weighted by Gasteiger charge is -2.17. The molecule has 2 aromatic rings. The van der Waals surface area contributed by atoms with Crippen molar-refractivity contribution in [3.8, 4) is 5.75 Å². The fraction of sp³-hybridized carbons (Fsp3) is 0.350. The van der Waals surface area contributed by atoms with Crippen LogP contribution < -0.4 is 4.74 Å². The van der Waals surface area contributed by atoms with Gasteiger partial charge in [0.25, 0.3) is 5.91 Å². The van der Waals surface area contributed by atoms with E-state index in [0.717, 1.165) is 30.8 Å². The smallest absolute Gasteiger partial charge is 0.253 e. The Morgan fingerprint density at radius 2 is 1.83 bits per heavy atom. The van der Waals surface area contributed by atoms with Gasteiger partial charge in [0, 0.05) is 24.6 Å². The highest BCUT2D eigenvalue weighted by Gasteiger charge is 2.28. The Morgan fingerprint density at radius 1 is 1.09 bits per heavy atom. The number of likely N-dealkylation sites (tertiary alicyclic amines) is 1. The van der Waals surface area contributed by atoms with E-state index in [9.17, 15) is 4.79 Å². The Morgan fingerprint density at radius 3 is 2.48 bits per heavy atom. The first kappa shape index (κ1) is 15.6. The number of hydrogen-bond donors (Lipinski definition) is 0. The predicted octanol–water partition coefficient (Wildman–Crippen LogP) is 3.94. The molecule has 3 heteroatoms. The third kappa shape index (κ3) is 3.24. The van der Waals surface area contributed by atoms with Gasteiger partial charge >= 0.3 is 0 Å². The first-order valence-corrected chi connectivity index (χ1v) is 8.09. The molecule has 0 bridgehead atoms. The summed E-state index contributed by atoms with van der Waals surface area (Å²) in [5.74, 6) is 1.43. The summed E-state index contributed by atoms with van der Waals surface area (Å²) in [6, 6.07) is 14.1. The van der Waals surface area contributed by atoms with Crippen molar-refractivity contribution in [2.24, 2.45) is 0 Å². The molecule has 0 radical (unpaired) electrons. The minimum absolute atomic E-state index is 0.143. The number of carbonyl (C=O) groups is 1. The molecular formula is C20H23NO2. The Labute approximate surface area is 137 Å². The minimum atomic E-state index is 0.143. The summed E-state index contributed by atoms with van der Waals surface area (Å²) in [4.78, 5) is 14.7. The highest BCUT2D eigenvalue weighted by Crippen LogP contribution is 2.29. The first-order valence-electron chi connectivity index (χ1n) is 8.09. The van der Waals surface area contributed by atoms with Crippen LogP contribution in [0.4, 0.5) is 0 Å². The summed E-state index contributed by atoms with van der Waals surface area (Å²) >= 11 is 0. The molecule has 120 valence electrons. The lowest BCUT2D eigenvalue weighted by atomic mass is 9.98. The van der Waals surface area contributed by atoms with Crippen LogP contribution in [0.2, 0.25) is 0 Å². The van der Waals surface area contributed by atoms with E-state index in [4.69, 9.17) is 4.74 Å². The van der Waals surface area contributed by atoms with Gasteiger partial charge in [-0.1, -0.05) is 18.2 Å². The van der Waals surface area contributed by atoms with Crippen LogP contribution in [-0.4, -0.2) is 31.0 Å². The van der Waals surface area contributed by atoms with Crippen LogP contribution in [0.5, 0.6) is 5.75 Å². The van der Waals surface area contributed by atoms with E-state index >= 15 is 0 Å². The summed E-state index contributed by atoms with van der Waals surface area (Å²) in [5.41, 5.74) is 4.46. The van der Waals surface area contributed by atoms with Crippen molar-refractivity contribution in [3.63, 3.8) is 0 Å². The second-order valence-corrected chi connectivity index (χ2v) is 6.31. The minimum Gasteiger partial charge on any atom is -0.497 e. The van der Waals surface area contributed by atoms with Crippen LogP contribution in [0.3, 0.4) is 0 Å². The zero-order valence-electron chi connectivity index (χ0n) is 14.0. The molecule has 1 aliphatic rings. The predicted molar refractivity (Wildman–Crippen MR) is 92.2 cm³/mol. The number of nitrogens with zero attached hydrogens (tertiary/aromatic N) is 1. The number of hydrogen-bond acceptors (Lipinski definition) is 2. The van der Waals surface area contributed by atoms with Gasteiger partial charge < -0.3 is 9.64 Å². The molecule has 0 saturated carbocycles. The van der Waals surface area contributed by atoms with Gasteiger partial charge in [0.05, 0.1) is 7.11 Å². The van der Waals surface area contributed by atoms with Crippen molar-refractivity contribution in [1.82, 2.24) is 4.90 Å². The molecule has 3 nitrogen and oxygen atoms in total. The second-order valence-electron chi connectivity index (χ2n) is 6.31. The Balaban J connectivity index is 1.70. The van der Waals surface area contributed by atoms with Crippen molar-refractivity contribution in [2.45, 2.75) is 26.2 Å². The summed E-state index contributed by atoms with van der Waals surface area (Å²) < 4.78 is 5.21. The molecule has 1 fully saturated rings. The molecule has 1 unspecified atom stereocenters. The van der Waals surface area contributed by atoms with Crippen LogP contribution in [-0.2, 0) is 0 Å².